The average molecular weight is 380 g/mol. The van der Waals surface area contributed by atoms with Crippen molar-refractivity contribution in [1.29, 1.82) is 0 Å². The number of hydrogen-bond acceptors (Lipinski definition) is 4. The maximum Gasteiger partial charge on any atom is 0.269 e. The summed E-state index contributed by atoms with van der Waals surface area (Å²) in [6.07, 6.45) is 1.37. The summed E-state index contributed by atoms with van der Waals surface area (Å²) >= 11 is 0. The Hall–Kier alpha value is -3.35. The van der Waals surface area contributed by atoms with Gasteiger partial charge >= 0.3 is 0 Å². The van der Waals surface area contributed by atoms with Crippen molar-refractivity contribution >= 4 is 23.1 Å². The maximum atomic E-state index is 14.4. The van der Waals surface area contributed by atoms with Gasteiger partial charge in [-0.25, -0.2) is 4.39 Å². The molecule has 1 aliphatic carbocycles. The number of carbonyl (C=O) groups excluding carboxylic acids is 2. The summed E-state index contributed by atoms with van der Waals surface area (Å²) < 4.78 is 14.4. The highest BCUT2D eigenvalue weighted by molar-refractivity contribution is 6.07. The molecule has 7 heteroatoms. The Kier molecular flexibility index (Phi) is 4.50. The molecule has 0 aromatic heterocycles. The molecule has 2 aliphatic rings. The molecule has 0 fully saturated rings. The van der Waals surface area contributed by atoms with Crippen molar-refractivity contribution in [3.05, 3.63) is 81.3 Å². The molecule has 4 rings (SSSR count). The van der Waals surface area contributed by atoms with Crippen LogP contribution in [0.3, 0.4) is 0 Å². The van der Waals surface area contributed by atoms with E-state index < -0.39 is 16.7 Å². The number of carbonyl (C=O) groups is 2. The van der Waals surface area contributed by atoms with Crippen molar-refractivity contribution < 1.29 is 18.9 Å². The van der Waals surface area contributed by atoms with Gasteiger partial charge in [-0.1, -0.05) is 24.3 Å². The van der Waals surface area contributed by atoms with Gasteiger partial charge in [-0.2, -0.15) is 0 Å². The first kappa shape index (κ1) is 18.0. The van der Waals surface area contributed by atoms with E-state index >= 15 is 0 Å². The van der Waals surface area contributed by atoms with Crippen LogP contribution in [0.1, 0.15) is 37.2 Å². The van der Waals surface area contributed by atoms with Crippen LogP contribution in [0.4, 0.5) is 15.8 Å². The number of para-hydroxylation sites is 1. The molecule has 2 aromatic rings. The number of ketones is 1. The second-order valence-corrected chi connectivity index (χ2v) is 6.93. The number of amides is 1. The number of non-ortho nitro benzene ring substituents is 1. The topological polar surface area (TPSA) is 80.5 Å². The van der Waals surface area contributed by atoms with Gasteiger partial charge in [0.2, 0.25) is 5.91 Å². The first-order chi connectivity index (χ1) is 13.5. The molecule has 0 spiro atoms. The molecule has 142 valence electrons. The van der Waals surface area contributed by atoms with E-state index in [4.69, 9.17) is 0 Å². The third-order valence-electron chi connectivity index (χ3n) is 5.25. The van der Waals surface area contributed by atoms with Gasteiger partial charge < -0.3 is 0 Å². The van der Waals surface area contributed by atoms with E-state index in [2.05, 4.69) is 0 Å². The number of nitro groups is 1. The number of halogens is 1. The number of benzene rings is 2. The van der Waals surface area contributed by atoms with Crippen LogP contribution in [0.25, 0.3) is 0 Å². The summed E-state index contributed by atoms with van der Waals surface area (Å²) in [7, 11) is 0. The fourth-order valence-corrected chi connectivity index (χ4v) is 4.05. The molecule has 0 radical (unpaired) electrons. The SMILES string of the molecule is O=C1CCCC2=C1C(c1cccc([N+](=O)[O-])c1)CC(=O)N2c1ccccc1F. The standard InChI is InChI=1S/C21H17FN2O4/c22-16-7-1-2-8-17(16)23-18-9-4-10-19(25)21(18)15(12-20(23)26)13-5-3-6-14(11-13)24(27)28/h1-3,5-8,11,15H,4,9-10,12H2. The zero-order valence-corrected chi connectivity index (χ0v) is 14.9. The zero-order chi connectivity index (χ0) is 19.8. The molecular weight excluding hydrogens is 363 g/mol. The quantitative estimate of drug-likeness (QED) is 0.589. The lowest BCUT2D eigenvalue weighted by atomic mass is 9.77. The van der Waals surface area contributed by atoms with Crippen LogP contribution in [-0.4, -0.2) is 16.6 Å². The first-order valence-corrected chi connectivity index (χ1v) is 9.05. The fourth-order valence-electron chi connectivity index (χ4n) is 4.05. The Morgan fingerprint density at radius 2 is 1.86 bits per heavy atom. The van der Waals surface area contributed by atoms with Crippen LogP contribution in [0.5, 0.6) is 0 Å². The van der Waals surface area contributed by atoms with Crippen LogP contribution in [0.2, 0.25) is 0 Å². The molecule has 1 atom stereocenters. The molecule has 1 unspecified atom stereocenters. The van der Waals surface area contributed by atoms with Gasteiger partial charge in [-0.15, -0.1) is 0 Å². The number of anilines is 1. The van der Waals surface area contributed by atoms with Crippen molar-refractivity contribution in [2.45, 2.75) is 31.6 Å². The highest BCUT2D eigenvalue weighted by atomic mass is 19.1. The summed E-state index contributed by atoms with van der Waals surface area (Å²) in [6, 6.07) is 12.0. The van der Waals surface area contributed by atoms with Crippen LogP contribution in [0.15, 0.2) is 59.8 Å². The molecule has 0 saturated carbocycles. The highest BCUT2D eigenvalue weighted by Gasteiger charge is 2.40. The Morgan fingerprint density at radius 3 is 2.61 bits per heavy atom. The lowest BCUT2D eigenvalue weighted by Gasteiger charge is -2.38. The van der Waals surface area contributed by atoms with Crippen LogP contribution < -0.4 is 4.90 Å². The number of Topliss-reactive ketones (excluding diaryl/α,β-unsaturated/α-hetero) is 1. The monoisotopic (exact) mass is 380 g/mol. The van der Waals surface area contributed by atoms with Gasteiger partial charge in [0.05, 0.1) is 10.6 Å². The Morgan fingerprint density at radius 1 is 1.07 bits per heavy atom. The smallest absolute Gasteiger partial charge is 0.269 e. The fraction of sp³-hybridized carbons (Fsp3) is 0.238. The third kappa shape index (κ3) is 2.98. The van der Waals surface area contributed by atoms with Crippen molar-refractivity contribution in [3.63, 3.8) is 0 Å². The van der Waals surface area contributed by atoms with E-state index in [1.54, 1.807) is 24.3 Å². The Balaban J connectivity index is 1.87. The predicted octanol–water partition coefficient (Wildman–Crippen LogP) is 4.26. The molecule has 0 saturated heterocycles. The number of hydrogen-bond donors (Lipinski definition) is 0. The molecule has 0 N–H and O–H groups in total. The van der Waals surface area contributed by atoms with E-state index in [9.17, 15) is 24.1 Å². The average Bonchev–Trinajstić information content (AvgIpc) is 2.68. The van der Waals surface area contributed by atoms with Gasteiger partial charge in [-0.3, -0.25) is 24.6 Å². The minimum Gasteiger partial charge on any atom is -0.294 e. The normalized spacial score (nSPS) is 19.6. The summed E-state index contributed by atoms with van der Waals surface area (Å²) in [5.41, 5.74) is 1.57. The molecule has 1 aliphatic heterocycles. The van der Waals surface area contributed by atoms with Crippen molar-refractivity contribution in [2.24, 2.45) is 0 Å². The molecule has 2 aromatic carbocycles. The first-order valence-electron chi connectivity index (χ1n) is 9.05. The van der Waals surface area contributed by atoms with E-state index in [0.717, 1.165) is 0 Å². The number of allylic oxidation sites excluding steroid dienone is 2. The molecule has 6 nitrogen and oxygen atoms in total. The zero-order valence-electron chi connectivity index (χ0n) is 14.9. The second-order valence-electron chi connectivity index (χ2n) is 6.93. The van der Waals surface area contributed by atoms with Crippen LogP contribution in [0, 0.1) is 15.9 Å². The van der Waals surface area contributed by atoms with E-state index in [1.165, 1.54) is 29.2 Å². The van der Waals surface area contributed by atoms with Crippen LogP contribution >= 0.6 is 0 Å². The van der Waals surface area contributed by atoms with Crippen molar-refractivity contribution in [2.75, 3.05) is 4.90 Å². The van der Waals surface area contributed by atoms with E-state index in [-0.39, 0.29) is 29.5 Å². The summed E-state index contributed by atoms with van der Waals surface area (Å²) in [5.74, 6) is -1.51. The third-order valence-corrected chi connectivity index (χ3v) is 5.25. The minimum atomic E-state index is -0.557. The van der Waals surface area contributed by atoms with Gasteiger partial charge in [0.1, 0.15) is 5.82 Å². The predicted molar refractivity (Wildman–Crippen MR) is 100 cm³/mol. The lowest BCUT2D eigenvalue weighted by molar-refractivity contribution is -0.384. The second kappa shape index (κ2) is 6.99. The van der Waals surface area contributed by atoms with Gasteiger partial charge in [0.15, 0.2) is 5.78 Å². The number of rotatable bonds is 3. The molecular formula is C21H17FN2O4. The summed E-state index contributed by atoms with van der Waals surface area (Å²) in [6.45, 7) is 0. The summed E-state index contributed by atoms with van der Waals surface area (Å²) in [4.78, 5) is 37.7. The van der Waals surface area contributed by atoms with Crippen LogP contribution in [-0.2, 0) is 9.59 Å². The Bertz CT molecular complexity index is 1030. The van der Waals surface area contributed by atoms with Crippen molar-refractivity contribution in [3.8, 4) is 0 Å². The maximum absolute atomic E-state index is 14.4. The number of nitrogens with zero attached hydrogens (tertiary/aromatic N) is 2. The van der Waals surface area contributed by atoms with Gasteiger partial charge in [0.25, 0.3) is 5.69 Å². The van der Waals surface area contributed by atoms with Crippen molar-refractivity contribution in [1.82, 2.24) is 0 Å². The van der Waals surface area contributed by atoms with Gasteiger partial charge in [0, 0.05) is 42.2 Å². The summed E-state index contributed by atoms with van der Waals surface area (Å²) in [5, 5.41) is 11.1. The minimum absolute atomic E-state index is 0.0416. The van der Waals surface area contributed by atoms with Gasteiger partial charge in [-0.05, 0) is 30.5 Å². The molecule has 0 bridgehead atoms. The lowest BCUT2D eigenvalue weighted by Crippen LogP contribution is -2.41. The number of nitro benzene ring substituents is 1. The van der Waals surface area contributed by atoms with E-state index in [0.29, 0.717) is 36.1 Å². The molecule has 28 heavy (non-hydrogen) atoms. The molecule has 1 amide bonds. The largest absolute Gasteiger partial charge is 0.294 e. The highest BCUT2D eigenvalue weighted by Crippen LogP contribution is 2.44. The van der Waals surface area contributed by atoms with E-state index in [1.807, 2.05) is 0 Å². The Labute approximate surface area is 160 Å². The molecule has 1 heterocycles.